The summed E-state index contributed by atoms with van der Waals surface area (Å²) in [6.45, 7) is 2.58. The van der Waals surface area contributed by atoms with E-state index in [0.29, 0.717) is 15.6 Å². The van der Waals surface area contributed by atoms with Crippen molar-refractivity contribution in [1.82, 2.24) is 4.98 Å². The van der Waals surface area contributed by atoms with Crippen molar-refractivity contribution in [2.75, 3.05) is 13.7 Å². The van der Waals surface area contributed by atoms with Crippen LogP contribution in [0.25, 0.3) is 32.1 Å². The van der Waals surface area contributed by atoms with Crippen LogP contribution in [0.2, 0.25) is 4.34 Å². The third-order valence-corrected chi connectivity index (χ3v) is 6.06. The zero-order chi connectivity index (χ0) is 19.1. The Morgan fingerprint density at radius 1 is 1.22 bits per heavy atom. The number of hydrogen-bond acceptors (Lipinski definition) is 4. The summed E-state index contributed by atoms with van der Waals surface area (Å²) in [5, 5.41) is 1.81. The molecule has 0 saturated carbocycles. The van der Waals surface area contributed by atoms with Crippen LogP contribution in [0, 0.1) is 6.92 Å². The van der Waals surface area contributed by atoms with Gasteiger partial charge < -0.3 is 15.5 Å². The predicted molar refractivity (Wildman–Crippen MR) is 114 cm³/mol. The first kappa shape index (κ1) is 18.0. The molecule has 6 heteroatoms. The number of benzene rings is 2. The quantitative estimate of drug-likeness (QED) is 0.514. The van der Waals surface area contributed by atoms with Gasteiger partial charge >= 0.3 is 0 Å². The normalized spacial score (nSPS) is 11.4. The van der Waals surface area contributed by atoms with Crippen molar-refractivity contribution in [3.8, 4) is 16.9 Å². The van der Waals surface area contributed by atoms with Gasteiger partial charge in [-0.05, 0) is 48.7 Å². The van der Waals surface area contributed by atoms with Crippen LogP contribution in [-0.4, -0.2) is 18.6 Å². The summed E-state index contributed by atoms with van der Waals surface area (Å²) in [7, 11) is 1.66. The molecule has 0 radical (unpaired) electrons. The van der Waals surface area contributed by atoms with Crippen LogP contribution in [0.4, 0.5) is 0 Å². The van der Waals surface area contributed by atoms with E-state index in [1.165, 1.54) is 16.9 Å². The SMILES string of the molecule is COc1cc(C)c2[nH]c(=O)c3sc(Cl)cc3c2c1-c1ccc(CCN)cc1. The van der Waals surface area contributed by atoms with Crippen LogP contribution in [0.15, 0.2) is 41.2 Å². The molecule has 0 fully saturated rings. The standard InChI is InChI=1S/C21H19ClN2O2S/c1-11-9-15(26-2)17(13-5-3-12(4-6-13)7-8-23)18-14-10-16(22)27-20(14)21(25)24-19(11)18/h3-6,9-10H,7-8,23H2,1-2H3,(H,24,25). The number of fused-ring (bicyclic) bond motifs is 3. The lowest BCUT2D eigenvalue weighted by molar-refractivity contribution is 0.416. The molecule has 0 saturated heterocycles. The number of rotatable bonds is 4. The Morgan fingerprint density at radius 3 is 2.63 bits per heavy atom. The number of hydrogen-bond donors (Lipinski definition) is 2. The molecule has 2 heterocycles. The Balaban J connectivity index is 2.13. The van der Waals surface area contributed by atoms with Crippen molar-refractivity contribution in [2.45, 2.75) is 13.3 Å². The molecule has 0 aliphatic rings. The van der Waals surface area contributed by atoms with Crippen LogP contribution in [-0.2, 0) is 6.42 Å². The van der Waals surface area contributed by atoms with Gasteiger partial charge in [-0.15, -0.1) is 11.3 Å². The third kappa shape index (κ3) is 3.02. The lowest BCUT2D eigenvalue weighted by Gasteiger charge is -2.16. The van der Waals surface area contributed by atoms with Gasteiger partial charge in [0.2, 0.25) is 0 Å². The molecule has 2 aromatic heterocycles. The molecule has 4 rings (SSSR count). The number of aryl methyl sites for hydroxylation is 1. The lowest BCUT2D eigenvalue weighted by Crippen LogP contribution is -2.06. The Kier molecular flexibility index (Phi) is 4.68. The number of H-pyrrole nitrogens is 1. The second kappa shape index (κ2) is 7.00. The zero-order valence-electron chi connectivity index (χ0n) is 15.1. The van der Waals surface area contributed by atoms with E-state index in [1.807, 2.05) is 19.1 Å². The molecule has 0 aliphatic carbocycles. The van der Waals surface area contributed by atoms with Crippen molar-refractivity contribution in [1.29, 1.82) is 0 Å². The number of pyridine rings is 1. The molecular formula is C21H19ClN2O2S. The fourth-order valence-electron chi connectivity index (χ4n) is 3.55. The van der Waals surface area contributed by atoms with E-state index in [2.05, 4.69) is 29.2 Å². The average Bonchev–Trinajstić information content (AvgIpc) is 3.06. The highest BCUT2D eigenvalue weighted by Gasteiger charge is 2.19. The van der Waals surface area contributed by atoms with Gasteiger partial charge in [0.1, 0.15) is 10.4 Å². The molecule has 138 valence electrons. The number of nitrogens with two attached hydrogens (primary N) is 1. The Bertz CT molecular complexity index is 1210. The molecule has 0 unspecified atom stereocenters. The van der Waals surface area contributed by atoms with Crippen molar-refractivity contribution in [2.24, 2.45) is 5.73 Å². The van der Waals surface area contributed by atoms with E-state index < -0.39 is 0 Å². The third-order valence-electron chi connectivity index (χ3n) is 4.80. The van der Waals surface area contributed by atoms with Crippen molar-refractivity contribution in [3.05, 3.63) is 62.2 Å². The van der Waals surface area contributed by atoms with Gasteiger partial charge in [0, 0.05) is 16.3 Å². The minimum atomic E-state index is -0.119. The maximum atomic E-state index is 12.5. The molecule has 0 spiro atoms. The number of halogens is 1. The number of thiophene rings is 1. The second-order valence-electron chi connectivity index (χ2n) is 6.50. The number of ether oxygens (including phenoxy) is 1. The van der Waals surface area contributed by atoms with Gasteiger partial charge in [0.15, 0.2) is 0 Å². The van der Waals surface area contributed by atoms with Crippen LogP contribution in [0.5, 0.6) is 5.75 Å². The lowest BCUT2D eigenvalue weighted by atomic mass is 9.94. The molecule has 4 nitrogen and oxygen atoms in total. The van der Waals surface area contributed by atoms with Crippen molar-refractivity contribution < 1.29 is 4.74 Å². The van der Waals surface area contributed by atoms with Gasteiger partial charge in [0.05, 0.1) is 17.0 Å². The molecule has 0 aliphatic heterocycles. The molecule has 2 aromatic carbocycles. The zero-order valence-corrected chi connectivity index (χ0v) is 16.6. The van der Waals surface area contributed by atoms with Gasteiger partial charge in [0.25, 0.3) is 5.56 Å². The van der Waals surface area contributed by atoms with E-state index in [0.717, 1.165) is 45.1 Å². The molecule has 3 N–H and O–H groups in total. The number of aromatic nitrogens is 1. The maximum absolute atomic E-state index is 12.5. The predicted octanol–water partition coefficient (Wildman–Crippen LogP) is 4.88. The molecule has 0 atom stereocenters. The van der Waals surface area contributed by atoms with Gasteiger partial charge in [-0.1, -0.05) is 35.9 Å². The summed E-state index contributed by atoms with van der Waals surface area (Å²) in [4.78, 5) is 15.6. The Labute approximate surface area is 165 Å². The minimum Gasteiger partial charge on any atom is -0.496 e. The second-order valence-corrected chi connectivity index (χ2v) is 8.19. The van der Waals surface area contributed by atoms with Crippen molar-refractivity contribution >= 4 is 43.9 Å². The van der Waals surface area contributed by atoms with Gasteiger partial charge in [-0.2, -0.15) is 0 Å². The summed E-state index contributed by atoms with van der Waals surface area (Å²) in [5.74, 6) is 0.766. The first-order valence-electron chi connectivity index (χ1n) is 8.65. The Morgan fingerprint density at radius 2 is 1.96 bits per heavy atom. The minimum absolute atomic E-state index is 0.119. The number of methoxy groups -OCH3 is 1. The topological polar surface area (TPSA) is 68.1 Å². The van der Waals surface area contributed by atoms with Crippen LogP contribution >= 0.6 is 22.9 Å². The van der Waals surface area contributed by atoms with Gasteiger partial charge in [-0.3, -0.25) is 4.79 Å². The molecule has 4 aromatic rings. The summed E-state index contributed by atoms with van der Waals surface area (Å²) in [6, 6.07) is 12.1. The van der Waals surface area contributed by atoms with E-state index in [9.17, 15) is 4.79 Å². The highest BCUT2D eigenvalue weighted by atomic mass is 35.5. The summed E-state index contributed by atoms with van der Waals surface area (Å²) in [5.41, 5.74) is 10.5. The fraction of sp³-hybridized carbons (Fsp3) is 0.190. The molecule has 0 bridgehead atoms. The monoisotopic (exact) mass is 398 g/mol. The van der Waals surface area contributed by atoms with Crippen LogP contribution < -0.4 is 16.0 Å². The van der Waals surface area contributed by atoms with Crippen molar-refractivity contribution in [3.63, 3.8) is 0 Å². The fourth-order valence-corrected chi connectivity index (χ4v) is 4.68. The number of nitrogens with one attached hydrogen (secondary N) is 1. The number of aromatic amines is 1. The largest absolute Gasteiger partial charge is 0.496 e. The first-order valence-corrected chi connectivity index (χ1v) is 9.85. The molecular weight excluding hydrogens is 380 g/mol. The van der Waals surface area contributed by atoms with Crippen LogP contribution in [0.1, 0.15) is 11.1 Å². The Hall–Kier alpha value is -2.34. The summed E-state index contributed by atoms with van der Waals surface area (Å²) >= 11 is 7.54. The highest BCUT2D eigenvalue weighted by Crippen LogP contribution is 2.43. The summed E-state index contributed by atoms with van der Waals surface area (Å²) in [6.07, 6.45) is 0.837. The van der Waals surface area contributed by atoms with E-state index in [4.69, 9.17) is 22.1 Å². The van der Waals surface area contributed by atoms with E-state index in [-0.39, 0.29) is 5.56 Å². The van der Waals surface area contributed by atoms with Crippen LogP contribution in [0.3, 0.4) is 0 Å². The van der Waals surface area contributed by atoms with E-state index >= 15 is 0 Å². The van der Waals surface area contributed by atoms with E-state index in [1.54, 1.807) is 7.11 Å². The average molecular weight is 399 g/mol. The molecule has 0 amide bonds. The van der Waals surface area contributed by atoms with Gasteiger partial charge in [-0.25, -0.2) is 0 Å². The smallest absolute Gasteiger partial charge is 0.266 e. The summed E-state index contributed by atoms with van der Waals surface area (Å²) < 4.78 is 6.93. The first-order chi connectivity index (χ1) is 13.0. The molecule has 27 heavy (non-hydrogen) atoms. The highest BCUT2D eigenvalue weighted by molar-refractivity contribution is 7.22. The maximum Gasteiger partial charge on any atom is 0.266 e.